The molecule has 2 saturated heterocycles. The third kappa shape index (κ3) is 6.23. The molecule has 3 N–H and O–H groups in total. The van der Waals surface area contributed by atoms with Crippen molar-refractivity contribution < 1.29 is 47.0 Å². The first kappa shape index (κ1) is 26.9. The third-order valence-electron chi connectivity index (χ3n) is 5.50. The SMILES string of the molecule is O=C(O)c1csc(NC(=O)N2CCN(c3ccc(N4C[C@H](CNC(=O)C(F)F)OC4=O)cc3F)CCO2)n1. The summed E-state index contributed by atoms with van der Waals surface area (Å²) >= 11 is 0.940. The summed E-state index contributed by atoms with van der Waals surface area (Å²) in [6.07, 6.45) is -4.89. The summed E-state index contributed by atoms with van der Waals surface area (Å²) in [5.74, 6) is -3.37. The number of nitrogens with zero attached hydrogens (tertiary/aromatic N) is 4. The maximum absolute atomic E-state index is 15.0. The van der Waals surface area contributed by atoms with Crippen LogP contribution in [0.25, 0.3) is 0 Å². The largest absolute Gasteiger partial charge is 0.476 e. The first-order valence-corrected chi connectivity index (χ1v) is 12.0. The lowest BCUT2D eigenvalue weighted by atomic mass is 10.2. The van der Waals surface area contributed by atoms with Gasteiger partial charge in [-0.15, -0.1) is 11.3 Å². The molecule has 204 valence electrons. The van der Waals surface area contributed by atoms with Crippen LogP contribution in [0.3, 0.4) is 0 Å². The maximum atomic E-state index is 15.0. The number of hydrogen-bond donors (Lipinski definition) is 3. The Morgan fingerprint density at radius 2 is 2.03 bits per heavy atom. The summed E-state index contributed by atoms with van der Waals surface area (Å²) < 4.78 is 44.8. The summed E-state index contributed by atoms with van der Waals surface area (Å²) in [4.78, 5) is 58.6. The van der Waals surface area contributed by atoms with Crippen LogP contribution in [0.15, 0.2) is 23.6 Å². The van der Waals surface area contributed by atoms with Gasteiger partial charge in [0.2, 0.25) is 0 Å². The molecule has 0 unspecified atom stereocenters. The van der Waals surface area contributed by atoms with Gasteiger partial charge in [0.05, 0.1) is 37.6 Å². The van der Waals surface area contributed by atoms with Crippen LogP contribution in [0.5, 0.6) is 0 Å². The first-order chi connectivity index (χ1) is 18.1. The van der Waals surface area contributed by atoms with Crippen molar-refractivity contribution in [2.24, 2.45) is 0 Å². The minimum Gasteiger partial charge on any atom is -0.476 e. The summed E-state index contributed by atoms with van der Waals surface area (Å²) in [5, 5.41) is 15.8. The number of hydrogen-bond acceptors (Lipinski definition) is 9. The van der Waals surface area contributed by atoms with E-state index in [0.29, 0.717) is 0 Å². The normalized spacial score (nSPS) is 17.8. The van der Waals surface area contributed by atoms with Gasteiger partial charge < -0.3 is 20.1 Å². The van der Waals surface area contributed by atoms with Crippen LogP contribution in [-0.4, -0.2) is 91.0 Å². The molecule has 2 aliphatic heterocycles. The fourth-order valence-corrected chi connectivity index (χ4v) is 4.36. The number of cyclic esters (lactones) is 1. The van der Waals surface area contributed by atoms with Gasteiger partial charge in [0.1, 0.15) is 11.9 Å². The molecule has 2 aromatic rings. The Labute approximate surface area is 216 Å². The van der Waals surface area contributed by atoms with Crippen LogP contribution in [-0.2, 0) is 14.4 Å². The number of nitrogens with one attached hydrogen (secondary N) is 2. The zero-order valence-electron chi connectivity index (χ0n) is 19.4. The van der Waals surface area contributed by atoms with Crippen molar-refractivity contribution in [3.8, 4) is 0 Å². The molecule has 0 spiro atoms. The van der Waals surface area contributed by atoms with E-state index in [9.17, 15) is 28.0 Å². The maximum Gasteiger partial charge on any atom is 0.414 e. The zero-order chi connectivity index (χ0) is 27.4. The van der Waals surface area contributed by atoms with Gasteiger partial charge in [-0.25, -0.2) is 28.8 Å². The predicted molar refractivity (Wildman–Crippen MR) is 126 cm³/mol. The average Bonchev–Trinajstić information content (AvgIpc) is 3.41. The predicted octanol–water partition coefficient (Wildman–Crippen LogP) is 1.97. The number of halogens is 3. The van der Waals surface area contributed by atoms with Gasteiger partial charge in [-0.05, 0) is 18.2 Å². The molecule has 4 amide bonds. The number of carbonyl (C=O) groups is 4. The standard InChI is InChI=1S/C21H21F3N6O7S/c22-13-7-11(29-9-12(37-21(29)35)8-25-17(31)16(23)24)1-2-15(13)28-3-4-30(36-6-5-28)20(34)27-19-26-14(10-38-19)18(32)33/h1-2,7,10,12,16H,3-6,8-9H2,(H,25,31)(H,32,33)(H,26,27,34)/t12-/m0/s1. The molecule has 4 rings (SSSR count). The topological polar surface area (TPSA) is 154 Å². The van der Waals surface area contributed by atoms with Gasteiger partial charge in [0.15, 0.2) is 10.8 Å². The highest BCUT2D eigenvalue weighted by atomic mass is 32.1. The number of aromatic nitrogens is 1. The second kappa shape index (κ2) is 11.5. The van der Waals surface area contributed by atoms with E-state index in [1.54, 1.807) is 4.90 Å². The fourth-order valence-electron chi connectivity index (χ4n) is 3.68. The number of benzene rings is 1. The van der Waals surface area contributed by atoms with Gasteiger partial charge in [0, 0.05) is 18.5 Å². The van der Waals surface area contributed by atoms with Crippen molar-refractivity contribution in [3.05, 3.63) is 35.1 Å². The van der Waals surface area contributed by atoms with Crippen LogP contribution in [0.2, 0.25) is 0 Å². The van der Waals surface area contributed by atoms with Crippen LogP contribution >= 0.6 is 11.3 Å². The van der Waals surface area contributed by atoms with Crippen LogP contribution in [0.1, 0.15) is 10.5 Å². The number of urea groups is 1. The number of hydroxylamine groups is 2. The number of thiazole rings is 1. The van der Waals surface area contributed by atoms with E-state index in [1.807, 2.05) is 5.32 Å². The lowest BCUT2D eigenvalue weighted by Crippen LogP contribution is -2.37. The Morgan fingerprint density at radius 1 is 1.24 bits per heavy atom. The number of carbonyl (C=O) groups excluding carboxylic acids is 3. The molecule has 1 atom stereocenters. The lowest BCUT2D eigenvalue weighted by molar-refractivity contribution is -0.132. The van der Waals surface area contributed by atoms with E-state index in [1.165, 1.54) is 17.5 Å². The average molecular weight is 558 g/mol. The number of alkyl halides is 2. The van der Waals surface area contributed by atoms with Gasteiger partial charge in [-0.3, -0.25) is 19.8 Å². The van der Waals surface area contributed by atoms with E-state index in [-0.39, 0.29) is 61.5 Å². The fraction of sp³-hybridized carbons (Fsp3) is 0.381. The highest BCUT2D eigenvalue weighted by Crippen LogP contribution is 2.28. The second-order valence-electron chi connectivity index (χ2n) is 7.99. The van der Waals surface area contributed by atoms with Crippen molar-refractivity contribution in [2.45, 2.75) is 12.5 Å². The number of rotatable bonds is 7. The Bertz CT molecular complexity index is 1230. The molecule has 1 aromatic heterocycles. The Balaban J connectivity index is 1.34. The molecule has 0 saturated carbocycles. The molecule has 1 aromatic carbocycles. The van der Waals surface area contributed by atoms with Crippen LogP contribution in [0, 0.1) is 5.82 Å². The van der Waals surface area contributed by atoms with Gasteiger partial charge in [0.25, 0.3) is 5.91 Å². The summed E-state index contributed by atoms with van der Waals surface area (Å²) in [5.41, 5.74) is 0.164. The van der Waals surface area contributed by atoms with E-state index in [0.717, 1.165) is 27.4 Å². The van der Waals surface area contributed by atoms with Gasteiger partial charge >= 0.3 is 24.5 Å². The molecule has 0 radical (unpaired) electrons. The summed E-state index contributed by atoms with van der Waals surface area (Å²) in [6.45, 7) is 0.132. The molecule has 3 heterocycles. The van der Waals surface area contributed by atoms with E-state index >= 15 is 4.39 Å². The highest BCUT2D eigenvalue weighted by molar-refractivity contribution is 7.14. The number of ether oxygens (including phenoxy) is 1. The second-order valence-corrected chi connectivity index (χ2v) is 8.85. The first-order valence-electron chi connectivity index (χ1n) is 11.1. The molecule has 13 nitrogen and oxygen atoms in total. The molecule has 2 aliphatic rings. The summed E-state index contributed by atoms with van der Waals surface area (Å²) in [7, 11) is 0. The number of carboxylic acids is 1. The van der Waals surface area contributed by atoms with Crippen molar-refractivity contribution in [1.82, 2.24) is 15.4 Å². The highest BCUT2D eigenvalue weighted by Gasteiger charge is 2.34. The van der Waals surface area contributed by atoms with Crippen molar-refractivity contribution in [3.63, 3.8) is 0 Å². The minimum atomic E-state index is -3.19. The van der Waals surface area contributed by atoms with E-state index < -0.39 is 42.3 Å². The Morgan fingerprint density at radius 3 is 2.71 bits per heavy atom. The molecular formula is C21H21F3N6O7S. The number of amides is 4. The van der Waals surface area contributed by atoms with Crippen molar-refractivity contribution in [2.75, 3.05) is 54.4 Å². The van der Waals surface area contributed by atoms with Crippen LogP contribution in [0.4, 0.5) is 39.3 Å². The molecule has 0 bridgehead atoms. The molecule has 0 aliphatic carbocycles. The van der Waals surface area contributed by atoms with Crippen LogP contribution < -0.4 is 20.4 Å². The quantitative estimate of drug-likeness (QED) is 0.463. The monoisotopic (exact) mass is 558 g/mol. The smallest absolute Gasteiger partial charge is 0.414 e. The number of anilines is 3. The van der Waals surface area contributed by atoms with Gasteiger partial charge in [-0.1, -0.05) is 0 Å². The lowest BCUT2D eigenvalue weighted by Gasteiger charge is -2.23. The number of carboxylic acid groups (broad SMARTS) is 1. The Kier molecular flexibility index (Phi) is 8.16. The van der Waals surface area contributed by atoms with Gasteiger partial charge in [-0.2, -0.15) is 8.78 Å². The molecule has 38 heavy (non-hydrogen) atoms. The van der Waals surface area contributed by atoms with E-state index in [4.69, 9.17) is 14.7 Å². The summed E-state index contributed by atoms with van der Waals surface area (Å²) in [6, 6.07) is 3.39. The minimum absolute atomic E-state index is 0.0390. The number of aromatic carboxylic acids is 1. The zero-order valence-corrected chi connectivity index (χ0v) is 20.3. The molecule has 17 heteroatoms. The molecular weight excluding hydrogens is 537 g/mol. The Hall–Kier alpha value is -4.12. The molecule has 2 fully saturated rings. The van der Waals surface area contributed by atoms with Crippen molar-refractivity contribution in [1.29, 1.82) is 0 Å². The van der Waals surface area contributed by atoms with Crippen molar-refractivity contribution >= 4 is 51.8 Å². The van der Waals surface area contributed by atoms with E-state index in [2.05, 4.69) is 10.3 Å². The third-order valence-corrected chi connectivity index (χ3v) is 6.26.